The number of benzene rings is 3. The molecule has 0 amide bonds. The fourth-order valence-electron chi connectivity index (χ4n) is 4.03. The summed E-state index contributed by atoms with van der Waals surface area (Å²) in [4.78, 5) is 2.86. The summed E-state index contributed by atoms with van der Waals surface area (Å²) in [5.74, 6) is 3.17. The lowest BCUT2D eigenvalue weighted by Gasteiger charge is -2.42. The number of ether oxygens (including phenoxy) is 3. The summed E-state index contributed by atoms with van der Waals surface area (Å²) >= 11 is 3.27. The third-order valence-electron chi connectivity index (χ3n) is 7.34. The number of hydrogen-bond donors (Lipinski definition) is 0. The molecule has 3 atom stereocenters. The normalized spacial score (nSPS) is 14.2. The molecule has 6 heteroatoms. The van der Waals surface area contributed by atoms with Crippen LogP contribution in [0.5, 0.6) is 0 Å². The Bertz CT molecular complexity index is 1170. The van der Waals surface area contributed by atoms with E-state index in [1.807, 2.05) is 54.6 Å². The molecular formula is C34H43BrO4Si. The topological polar surface area (TPSA) is 36.9 Å². The first-order valence-corrected chi connectivity index (χ1v) is 17.6. The van der Waals surface area contributed by atoms with E-state index in [0.29, 0.717) is 32.8 Å². The van der Waals surface area contributed by atoms with Gasteiger partial charge in [-0.1, -0.05) is 118 Å². The van der Waals surface area contributed by atoms with Crippen LogP contribution in [0.3, 0.4) is 0 Å². The zero-order chi connectivity index (χ0) is 28.8. The van der Waals surface area contributed by atoms with Gasteiger partial charge < -0.3 is 18.6 Å². The first-order chi connectivity index (χ1) is 19.2. The van der Waals surface area contributed by atoms with E-state index >= 15 is 0 Å². The van der Waals surface area contributed by atoms with Crippen LogP contribution in [-0.2, 0) is 38.5 Å². The van der Waals surface area contributed by atoms with Gasteiger partial charge >= 0.3 is 0 Å². The van der Waals surface area contributed by atoms with Gasteiger partial charge in [-0.15, -0.1) is 0 Å². The van der Waals surface area contributed by atoms with Crippen LogP contribution in [0.15, 0.2) is 91.0 Å². The van der Waals surface area contributed by atoms with E-state index in [1.165, 1.54) is 0 Å². The van der Waals surface area contributed by atoms with Gasteiger partial charge in [0.2, 0.25) is 0 Å². The minimum absolute atomic E-state index is 0.0186. The molecule has 0 aliphatic rings. The summed E-state index contributed by atoms with van der Waals surface area (Å²) in [6.45, 7) is 13.1. The fourth-order valence-corrected chi connectivity index (χ4v) is 5.50. The molecule has 4 nitrogen and oxygen atoms in total. The van der Waals surface area contributed by atoms with Crippen molar-refractivity contribution in [1.29, 1.82) is 0 Å². The third-order valence-corrected chi connectivity index (χ3v) is 12.1. The maximum absolute atomic E-state index is 7.05. The molecule has 0 aromatic heterocycles. The summed E-state index contributed by atoms with van der Waals surface area (Å²) in [5.41, 5.74) is 3.32. The standard InChI is InChI=1S/C34H43BrO4Si/c1-34(2,3)40(4,5)39-32(27-36-24-28-16-9-6-10-17-28)33(38-26-30-20-13-8-14-21-30)31(22-15-23-35)37-25-29-18-11-7-12-19-29/h6-14,16-21,31-33H,22,24-27H2,1-5H3/t31-,32-,33+/m1/s1. The second-order valence-electron chi connectivity index (χ2n) is 11.5. The molecule has 3 aromatic carbocycles. The Kier molecular flexibility index (Phi) is 13.1. The molecule has 0 unspecified atom stereocenters. The van der Waals surface area contributed by atoms with Gasteiger partial charge in [0.25, 0.3) is 0 Å². The zero-order valence-electron chi connectivity index (χ0n) is 24.4. The van der Waals surface area contributed by atoms with Crippen LogP contribution in [0.4, 0.5) is 0 Å². The lowest BCUT2D eigenvalue weighted by atomic mass is 10.0. The summed E-state index contributed by atoms with van der Waals surface area (Å²) in [7, 11) is -2.19. The van der Waals surface area contributed by atoms with E-state index in [0.717, 1.165) is 16.7 Å². The van der Waals surface area contributed by atoms with E-state index in [9.17, 15) is 0 Å². The fraction of sp³-hybridized carbons (Fsp3) is 0.412. The van der Waals surface area contributed by atoms with Crippen LogP contribution < -0.4 is 0 Å². The average Bonchev–Trinajstić information content (AvgIpc) is 2.95. The molecule has 0 N–H and O–H groups in total. The van der Waals surface area contributed by atoms with Gasteiger partial charge in [0.1, 0.15) is 6.10 Å². The maximum atomic E-state index is 7.05. The Morgan fingerprint density at radius 2 is 1.18 bits per heavy atom. The minimum Gasteiger partial charge on any atom is -0.409 e. The van der Waals surface area contributed by atoms with Crippen molar-refractivity contribution in [2.45, 2.75) is 83.5 Å². The predicted octanol–water partition coefficient (Wildman–Crippen LogP) is 8.51. The van der Waals surface area contributed by atoms with E-state index in [1.54, 1.807) is 0 Å². The Balaban J connectivity index is 1.91. The van der Waals surface area contributed by atoms with Crippen LogP contribution in [0.1, 0.15) is 43.9 Å². The van der Waals surface area contributed by atoms with Crippen LogP contribution in [0.25, 0.3) is 0 Å². The molecule has 40 heavy (non-hydrogen) atoms. The SMILES string of the molecule is CC(C)(C)[Si](C)(C)O[C@H](COCc1ccccc1)[C@@H](OCc1ccccc1)[C@@H](CC#CBr)OCc1ccccc1. The molecule has 0 saturated carbocycles. The molecule has 214 valence electrons. The number of rotatable bonds is 15. The molecular weight excluding hydrogens is 580 g/mol. The Morgan fingerprint density at radius 1 is 0.700 bits per heavy atom. The van der Waals surface area contributed by atoms with Crippen molar-refractivity contribution in [1.82, 2.24) is 0 Å². The lowest BCUT2D eigenvalue weighted by molar-refractivity contribution is -0.141. The first-order valence-electron chi connectivity index (χ1n) is 13.9. The molecule has 0 bridgehead atoms. The molecule has 3 aromatic rings. The highest BCUT2D eigenvalue weighted by Crippen LogP contribution is 2.38. The summed E-state index contributed by atoms with van der Waals surface area (Å²) in [6, 6.07) is 30.6. The van der Waals surface area contributed by atoms with E-state index < -0.39 is 14.4 Å². The summed E-state index contributed by atoms with van der Waals surface area (Å²) in [6.07, 6.45) is -0.578. The van der Waals surface area contributed by atoms with Crippen LogP contribution in [0.2, 0.25) is 18.1 Å². The highest BCUT2D eigenvalue weighted by atomic mass is 79.9. The molecule has 0 spiro atoms. The Morgan fingerprint density at radius 3 is 1.65 bits per heavy atom. The highest BCUT2D eigenvalue weighted by molar-refractivity contribution is 9.12. The van der Waals surface area contributed by atoms with Crippen molar-refractivity contribution in [2.75, 3.05) is 6.61 Å². The van der Waals surface area contributed by atoms with Crippen molar-refractivity contribution in [3.05, 3.63) is 108 Å². The average molecular weight is 624 g/mol. The van der Waals surface area contributed by atoms with Gasteiger partial charge in [-0.25, -0.2) is 0 Å². The summed E-state index contributed by atoms with van der Waals surface area (Å²) < 4.78 is 26.6. The largest absolute Gasteiger partial charge is 0.409 e. The van der Waals surface area contributed by atoms with Crippen molar-refractivity contribution in [2.24, 2.45) is 0 Å². The molecule has 0 aliphatic carbocycles. The van der Waals surface area contributed by atoms with Crippen LogP contribution in [0, 0.1) is 10.8 Å². The molecule has 0 heterocycles. The van der Waals surface area contributed by atoms with Crippen LogP contribution in [-0.4, -0.2) is 33.2 Å². The van der Waals surface area contributed by atoms with Crippen molar-refractivity contribution in [3.63, 3.8) is 0 Å². The second-order valence-corrected chi connectivity index (χ2v) is 16.6. The van der Waals surface area contributed by atoms with E-state index in [-0.39, 0.29) is 17.2 Å². The molecule has 0 aliphatic heterocycles. The monoisotopic (exact) mass is 622 g/mol. The zero-order valence-corrected chi connectivity index (χ0v) is 27.0. The summed E-state index contributed by atoms with van der Waals surface area (Å²) in [5, 5.41) is 0.0186. The van der Waals surface area contributed by atoms with Gasteiger partial charge in [0.15, 0.2) is 8.32 Å². The third kappa shape index (κ3) is 10.6. The first kappa shape index (κ1) is 32.3. The van der Waals surface area contributed by atoms with Gasteiger partial charge in [0.05, 0.1) is 38.6 Å². The highest BCUT2D eigenvalue weighted by Gasteiger charge is 2.43. The molecule has 0 radical (unpaired) electrons. The van der Waals surface area contributed by atoms with Crippen molar-refractivity contribution in [3.8, 4) is 10.8 Å². The Hall–Kier alpha value is -2.24. The van der Waals surface area contributed by atoms with Gasteiger partial charge in [-0.05, 0) is 39.7 Å². The van der Waals surface area contributed by atoms with Crippen LogP contribution >= 0.6 is 15.9 Å². The van der Waals surface area contributed by atoms with Crippen molar-refractivity contribution >= 4 is 24.2 Å². The van der Waals surface area contributed by atoms with E-state index in [2.05, 4.69) is 96.9 Å². The molecule has 3 rings (SSSR count). The minimum atomic E-state index is -2.19. The van der Waals surface area contributed by atoms with E-state index in [4.69, 9.17) is 18.6 Å². The second kappa shape index (κ2) is 16.3. The number of hydrogen-bond acceptors (Lipinski definition) is 4. The Labute approximate surface area is 250 Å². The molecule has 0 fully saturated rings. The van der Waals surface area contributed by atoms with Crippen molar-refractivity contribution < 1.29 is 18.6 Å². The quantitative estimate of drug-likeness (QED) is 0.126. The van der Waals surface area contributed by atoms with Gasteiger partial charge in [-0.2, -0.15) is 0 Å². The smallest absolute Gasteiger partial charge is 0.192 e. The number of halogens is 1. The predicted molar refractivity (Wildman–Crippen MR) is 170 cm³/mol. The maximum Gasteiger partial charge on any atom is 0.192 e. The molecule has 0 saturated heterocycles. The van der Waals surface area contributed by atoms with Gasteiger partial charge in [-0.3, -0.25) is 0 Å². The van der Waals surface area contributed by atoms with Gasteiger partial charge in [0, 0.05) is 22.4 Å². The lowest BCUT2D eigenvalue weighted by Crippen LogP contribution is -2.52.